The zero-order valence-corrected chi connectivity index (χ0v) is 15.7. The molecule has 0 aliphatic rings. The largest absolute Gasteiger partial charge is 0.357 e. The summed E-state index contributed by atoms with van der Waals surface area (Å²) in [5, 5.41) is 13.6. The highest BCUT2D eigenvalue weighted by Crippen LogP contribution is 2.28. The Hall–Kier alpha value is -1.57. The molecule has 0 atom stereocenters. The normalized spacial score (nSPS) is 11.1. The Morgan fingerprint density at radius 1 is 1.38 bits per heavy atom. The van der Waals surface area contributed by atoms with Gasteiger partial charge in [0.2, 0.25) is 5.91 Å². The molecule has 0 saturated carbocycles. The SMILES string of the molecule is Cc1nnc(SCC(=O)NCCc2c(C)[nH]c3c(Cl)cccc23)s1. The third-order valence-electron chi connectivity index (χ3n) is 3.64. The summed E-state index contributed by atoms with van der Waals surface area (Å²) in [5.41, 5.74) is 3.24. The quantitative estimate of drug-likeness (QED) is 0.639. The van der Waals surface area contributed by atoms with Crippen molar-refractivity contribution in [2.24, 2.45) is 0 Å². The Balaban J connectivity index is 1.54. The molecular weight excluding hydrogens is 364 g/mol. The van der Waals surface area contributed by atoms with Gasteiger partial charge in [0.15, 0.2) is 4.34 Å². The van der Waals surface area contributed by atoms with Crippen molar-refractivity contribution in [3.63, 3.8) is 0 Å². The molecule has 0 aliphatic heterocycles. The lowest BCUT2D eigenvalue weighted by molar-refractivity contribution is -0.118. The number of thioether (sulfide) groups is 1. The van der Waals surface area contributed by atoms with Crippen LogP contribution in [0.1, 0.15) is 16.3 Å². The first-order valence-corrected chi connectivity index (χ1v) is 9.68. The van der Waals surface area contributed by atoms with Crippen LogP contribution in [0.4, 0.5) is 0 Å². The molecule has 0 unspecified atom stereocenters. The summed E-state index contributed by atoms with van der Waals surface area (Å²) in [5.74, 6) is 0.358. The van der Waals surface area contributed by atoms with E-state index in [4.69, 9.17) is 11.6 Å². The first-order chi connectivity index (χ1) is 11.5. The lowest BCUT2D eigenvalue weighted by Gasteiger charge is -2.05. The van der Waals surface area contributed by atoms with Gasteiger partial charge >= 0.3 is 0 Å². The topological polar surface area (TPSA) is 70.7 Å². The molecule has 1 amide bonds. The number of fused-ring (bicyclic) bond motifs is 1. The fourth-order valence-corrected chi connectivity index (χ4v) is 4.40. The number of benzene rings is 1. The molecule has 1 aromatic carbocycles. The molecular formula is C16H17ClN4OS2. The first kappa shape index (κ1) is 17.3. The summed E-state index contributed by atoms with van der Waals surface area (Å²) in [4.78, 5) is 15.3. The van der Waals surface area contributed by atoms with Crippen LogP contribution in [0.25, 0.3) is 10.9 Å². The van der Waals surface area contributed by atoms with Crippen molar-refractivity contribution < 1.29 is 4.79 Å². The van der Waals surface area contributed by atoms with E-state index in [9.17, 15) is 4.79 Å². The minimum atomic E-state index is 0.00313. The molecule has 0 aliphatic carbocycles. The number of H-pyrrole nitrogens is 1. The Kier molecular flexibility index (Phi) is 5.43. The number of carbonyl (C=O) groups is 1. The Labute approximate surface area is 153 Å². The van der Waals surface area contributed by atoms with Gasteiger partial charge in [0.1, 0.15) is 5.01 Å². The van der Waals surface area contributed by atoms with Gasteiger partial charge in [-0.3, -0.25) is 4.79 Å². The van der Waals surface area contributed by atoms with E-state index in [-0.39, 0.29) is 5.91 Å². The van der Waals surface area contributed by atoms with Crippen molar-refractivity contribution >= 4 is 51.5 Å². The Morgan fingerprint density at radius 3 is 2.96 bits per heavy atom. The molecule has 0 bridgehead atoms. The number of aromatic nitrogens is 3. The van der Waals surface area contributed by atoms with Crippen molar-refractivity contribution in [1.29, 1.82) is 0 Å². The zero-order chi connectivity index (χ0) is 17.1. The maximum Gasteiger partial charge on any atom is 0.230 e. The second kappa shape index (κ2) is 7.55. The van der Waals surface area contributed by atoms with E-state index in [0.29, 0.717) is 12.3 Å². The highest BCUT2D eigenvalue weighted by atomic mass is 35.5. The lowest BCUT2D eigenvalue weighted by Crippen LogP contribution is -2.27. The Bertz CT molecular complexity index is 874. The van der Waals surface area contributed by atoms with Crippen LogP contribution in [-0.2, 0) is 11.2 Å². The van der Waals surface area contributed by atoms with Gasteiger partial charge in [0.25, 0.3) is 0 Å². The van der Waals surface area contributed by atoms with Gasteiger partial charge in [-0.1, -0.05) is 46.8 Å². The summed E-state index contributed by atoms with van der Waals surface area (Å²) in [7, 11) is 0. The maximum atomic E-state index is 11.9. The van der Waals surface area contributed by atoms with Crippen LogP contribution in [0.15, 0.2) is 22.5 Å². The molecule has 2 heterocycles. The number of nitrogens with one attached hydrogen (secondary N) is 2. The predicted molar refractivity (Wildman–Crippen MR) is 100 cm³/mol. The van der Waals surface area contributed by atoms with Crippen LogP contribution in [0, 0.1) is 13.8 Å². The highest BCUT2D eigenvalue weighted by molar-refractivity contribution is 8.01. The standard InChI is InChI=1S/C16H17ClN4OS2/c1-9-11(12-4-3-5-13(17)15(12)19-9)6-7-18-14(22)8-23-16-21-20-10(2)24-16/h3-5,19H,6-8H2,1-2H3,(H,18,22). The molecule has 0 saturated heterocycles. The van der Waals surface area contributed by atoms with Crippen molar-refractivity contribution in [2.45, 2.75) is 24.6 Å². The van der Waals surface area contributed by atoms with Crippen LogP contribution in [0.3, 0.4) is 0 Å². The molecule has 2 N–H and O–H groups in total. The molecule has 0 spiro atoms. The van der Waals surface area contributed by atoms with Crippen LogP contribution in [0.2, 0.25) is 5.02 Å². The number of aromatic amines is 1. The molecule has 2 aromatic heterocycles. The molecule has 8 heteroatoms. The molecule has 24 heavy (non-hydrogen) atoms. The summed E-state index contributed by atoms with van der Waals surface area (Å²) < 4.78 is 0.824. The van der Waals surface area contributed by atoms with E-state index < -0.39 is 0 Å². The number of rotatable bonds is 6. The first-order valence-electron chi connectivity index (χ1n) is 7.50. The minimum absolute atomic E-state index is 0.00313. The van der Waals surface area contributed by atoms with Gasteiger partial charge in [0.05, 0.1) is 16.3 Å². The number of nitrogens with zero attached hydrogens (tertiary/aromatic N) is 2. The van der Waals surface area contributed by atoms with Crippen molar-refractivity contribution in [3.05, 3.63) is 39.5 Å². The van der Waals surface area contributed by atoms with Gasteiger partial charge in [-0.05, 0) is 31.9 Å². The smallest absolute Gasteiger partial charge is 0.230 e. The van der Waals surface area contributed by atoms with E-state index in [2.05, 4.69) is 26.6 Å². The Morgan fingerprint density at radius 2 is 2.21 bits per heavy atom. The van der Waals surface area contributed by atoms with E-state index >= 15 is 0 Å². The number of para-hydroxylation sites is 1. The van der Waals surface area contributed by atoms with Crippen molar-refractivity contribution in [3.8, 4) is 0 Å². The maximum absolute atomic E-state index is 11.9. The number of amides is 1. The third kappa shape index (κ3) is 3.91. The molecule has 3 aromatic rings. The minimum Gasteiger partial charge on any atom is -0.357 e. The average molecular weight is 381 g/mol. The van der Waals surface area contributed by atoms with Gasteiger partial charge in [-0.2, -0.15) is 0 Å². The number of aryl methyl sites for hydroxylation is 2. The number of hydrogen-bond acceptors (Lipinski definition) is 5. The number of carbonyl (C=O) groups excluding carboxylic acids is 1. The summed E-state index contributed by atoms with van der Waals surface area (Å²) in [6, 6.07) is 5.87. The second-order valence-electron chi connectivity index (χ2n) is 5.37. The van der Waals surface area contributed by atoms with Gasteiger partial charge < -0.3 is 10.3 Å². The zero-order valence-electron chi connectivity index (χ0n) is 13.4. The van der Waals surface area contributed by atoms with Crippen LogP contribution in [-0.4, -0.2) is 33.4 Å². The van der Waals surface area contributed by atoms with E-state index in [1.807, 2.05) is 26.0 Å². The summed E-state index contributed by atoms with van der Waals surface area (Å²) >= 11 is 9.13. The predicted octanol–water partition coefficient (Wildman–Crippen LogP) is 3.74. The highest BCUT2D eigenvalue weighted by Gasteiger charge is 2.11. The average Bonchev–Trinajstić information content (AvgIpc) is 3.10. The fourth-order valence-electron chi connectivity index (χ4n) is 2.53. The van der Waals surface area contributed by atoms with Crippen LogP contribution < -0.4 is 5.32 Å². The monoisotopic (exact) mass is 380 g/mol. The number of hydrogen-bond donors (Lipinski definition) is 2. The van der Waals surface area contributed by atoms with Crippen LogP contribution in [0.5, 0.6) is 0 Å². The number of halogens is 1. The second-order valence-corrected chi connectivity index (χ2v) is 8.18. The molecule has 5 nitrogen and oxygen atoms in total. The van der Waals surface area contributed by atoms with Gasteiger partial charge in [-0.15, -0.1) is 10.2 Å². The fraction of sp³-hybridized carbons (Fsp3) is 0.312. The lowest BCUT2D eigenvalue weighted by atomic mass is 10.1. The van der Waals surface area contributed by atoms with Crippen molar-refractivity contribution in [2.75, 3.05) is 12.3 Å². The van der Waals surface area contributed by atoms with Gasteiger partial charge in [0, 0.05) is 17.6 Å². The van der Waals surface area contributed by atoms with Crippen LogP contribution >= 0.6 is 34.7 Å². The van der Waals surface area contributed by atoms with E-state index in [1.165, 1.54) is 28.7 Å². The third-order valence-corrected chi connectivity index (χ3v) is 5.92. The van der Waals surface area contributed by atoms with Crippen molar-refractivity contribution in [1.82, 2.24) is 20.5 Å². The van der Waals surface area contributed by atoms with Gasteiger partial charge in [-0.25, -0.2) is 0 Å². The summed E-state index contributed by atoms with van der Waals surface area (Å²) in [6.45, 7) is 4.52. The molecule has 0 fully saturated rings. The molecule has 3 rings (SSSR count). The van der Waals surface area contributed by atoms with E-state index in [0.717, 1.165) is 37.4 Å². The van der Waals surface area contributed by atoms with E-state index in [1.54, 1.807) is 0 Å². The summed E-state index contributed by atoms with van der Waals surface area (Å²) in [6.07, 6.45) is 0.764. The molecule has 0 radical (unpaired) electrons. The molecule has 126 valence electrons.